The Labute approximate surface area is 122 Å². The molecule has 0 radical (unpaired) electrons. The minimum absolute atomic E-state index is 0.197. The zero-order valence-corrected chi connectivity index (χ0v) is 12.0. The summed E-state index contributed by atoms with van der Waals surface area (Å²) in [5, 5.41) is 11.3. The fourth-order valence-corrected chi connectivity index (χ4v) is 2.66. The number of fused-ring (bicyclic) bond motifs is 2. The minimum Gasteiger partial charge on any atom is -0.481 e. The maximum Gasteiger partial charge on any atom is 0.312 e. The van der Waals surface area contributed by atoms with E-state index in [0.717, 1.165) is 10.8 Å². The molecule has 1 N–H and O–H groups in total. The number of hydrogen-bond acceptors (Lipinski definition) is 4. The normalized spacial score (nSPS) is 14.6. The van der Waals surface area contributed by atoms with Gasteiger partial charge in [0.2, 0.25) is 6.79 Å². The van der Waals surface area contributed by atoms with Gasteiger partial charge in [0.25, 0.3) is 0 Å². The predicted molar refractivity (Wildman–Crippen MR) is 77.7 cm³/mol. The second-order valence-corrected chi connectivity index (χ2v) is 5.64. The lowest BCUT2D eigenvalue weighted by Crippen LogP contribution is -2.15. The van der Waals surface area contributed by atoms with E-state index in [1.807, 2.05) is 32.0 Å². The Bertz CT molecular complexity index is 696. The molecular weight excluding hydrogens is 270 g/mol. The minimum atomic E-state index is -0.846. The quantitative estimate of drug-likeness (QED) is 0.935. The molecule has 21 heavy (non-hydrogen) atoms. The molecule has 0 spiro atoms. The molecule has 0 saturated heterocycles. The number of hydrogen-bond donors (Lipinski definition) is 1. The molecule has 1 aromatic carbocycles. The summed E-state index contributed by atoms with van der Waals surface area (Å²) in [6, 6.07) is 5.56. The van der Waals surface area contributed by atoms with Crippen LogP contribution in [0.15, 0.2) is 24.4 Å². The van der Waals surface area contributed by atoms with Crippen molar-refractivity contribution < 1.29 is 19.4 Å². The van der Waals surface area contributed by atoms with E-state index in [9.17, 15) is 9.90 Å². The smallest absolute Gasteiger partial charge is 0.312 e. The Balaban J connectivity index is 2.15. The first kappa shape index (κ1) is 13.7. The molecule has 1 aliphatic heterocycles. The van der Waals surface area contributed by atoms with E-state index in [-0.39, 0.29) is 12.7 Å². The number of nitrogens with zero attached hydrogens (tertiary/aromatic N) is 1. The second kappa shape index (κ2) is 5.24. The summed E-state index contributed by atoms with van der Waals surface area (Å²) in [5.74, 6) is 0.147. The second-order valence-electron chi connectivity index (χ2n) is 5.64. The van der Waals surface area contributed by atoms with Crippen molar-refractivity contribution in [2.75, 3.05) is 6.79 Å². The Hall–Kier alpha value is -2.30. The van der Waals surface area contributed by atoms with E-state index >= 15 is 0 Å². The Morgan fingerprint density at radius 1 is 1.33 bits per heavy atom. The maximum absolute atomic E-state index is 11.6. The van der Waals surface area contributed by atoms with E-state index in [1.54, 1.807) is 6.20 Å². The molecule has 2 aromatic rings. The van der Waals surface area contributed by atoms with Crippen molar-refractivity contribution in [2.24, 2.45) is 5.92 Å². The predicted octanol–water partition coefficient (Wildman–Crippen LogP) is 3.18. The van der Waals surface area contributed by atoms with Crippen LogP contribution >= 0.6 is 0 Å². The van der Waals surface area contributed by atoms with Crippen molar-refractivity contribution in [2.45, 2.75) is 26.2 Å². The number of ether oxygens (including phenoxy) is 2. The molecule has 5 nitrogen and oxygen atoms in total. The molecule has 1 unspecified atom stereocenters. The highest BCUT2D eigenvalue weighted by Crippen LogP contribution is 2.38. The number of aromatic nitrogens is 1. The van der Waals surface area contributed by atoms with Crippen molar-refractivity contribution in [1.82, 2.24) is 4.98 Å². The maximum atomic E-state index is 11.6. The van der Waals surface area contributed by atoms with Crippen LogP contribution in [0, 0.1) is 5.92 Å². The molecule has 3 rings (SSSR count). The molecule has 1 aliphatic rings. The molecular formula is C16H17NO4. The summed E-state index contributed by atoms with van der Waals surface area (Å²) >= 11 is 0. The lowest BCUT2D eigenvalue weighted by atomic mass is 9.91. The Morgan fingerprint density at radius 2 is 2.05 bits per heavy atom. The number of pyridine rings is 1. The van der Waals surface area contributed by atoms with Gasteiger partial charge in [0.05, 0.1) is 11.6 Å². The summed E-state index contributed by atoms with van der Waals surface area (Å²) in [4.78, 5) is 15.9. The third kappa shape index (κ3) is 2.51. The lowest BCUT2D eigenvalue weighted by molar-refractivity contribution is -0.139. The monoisotopic (exact) mass is 287 g/mol. The van der Waals surface area contributed by atoms with Gasteiger partial charge in [0, 0.05) is 11.6 Å². The average Bonchev–Trinajstić information content (AvgIpc) is 2.88. The van der Waals surface area contributed by atoms with Crippen LogP contribution in [0.25, 0.3) is 10.8 Å². The van der Waals surface area contributed by atoms with Gasteiger partial charge in [-0.3, -0.25) is 9.78 Å². The molecule has 0 saturated carbocycles. The summed E-state index contributed by atoms with van der Waals surface area (Å²) in [6.07, 6.45) is 2.20. The molecule has 0 bridgehead atoms. The molecule has 110 valence electrons. The fourth-order valence-electron chi connectivity index (χ4n) is 2.66. The first-order valence-electron chi connectivity index (χ1n) is 6.97. The number of rotatable bonds is 4. The number of carboxylic acid groups (broad SMARTS) is 1. The van der Waals surface area contributed by atoms with Gasteiger partial charge in [-0.15, -0.1) is 0 Å². The van der Waals surface area contributed by atoms with E-state index in [2.05, 4.69) is 4.98 Å². The molecule has 1 atom stereocenters. The largest absolute Gasteiger partial charge is 0.481 e. The van der Waals surface area contributed by atoms with E-state index in [0.29, 0.717) is 23.6 Å². The first-order valence-corrected chi connectivity index (χ1v) is 6.97. The van der Waals surface area contributed by atoms with Crippen molar-refractivity contribution >= 4 is 16.7 Å². The topological polar surface area (TPSA) is 68.7 Å². The van der Waals surface area contributed by atoms with Crippen LogP contribution in [0.3, 0.4) is 0 Å². The molecule has 5 heteroatoms. The van der Waals surface area contributed by atoms with Gasteiger partial charge in [-0.1, -0.05) is 13.8 Å². The van der Waals surface area contributed by atoms with Crippen molar-refractivity contribution in [3.63, 3.8) is 0 Å². The van der Waals surface area contributed by atoms with Crippen LogP contribution in [0.5, 0.6) is 11.5 Å². The molecule has 2 heterocycles. The molecule has 0 aliphatic carbocycles. The van der Waals surface area contributed by atoms with Gasteiger partial charge < -0.3 is 14.6 Å². The summed E-state index contributed by atoms with van der Waals surface area (Å²) in [7, 11) is 0. The summed E-state index contributed by atoms with van der Waals surface area (Å²) in [6.45, 7) is 4.22. The van der Waals surface area contributed by atoms with Gasteiger partial charge in [-0.2, -0.15) is 0 Å². The van der Waals surface area contributed by atoms with Crippen LogP contribution in [0.1, 0.15) is 31.9 Å². The van der Waals surface area contributed by atoms with Crippen LogP contribution in [-0.2, 0) is 4.79 Å². The molecule has 0 fully saturated rings. The summed E-state index contributed by atoms with van der Waals surface area (Å²) in [5.41, 5.74) is 0.590. The van der Waals surface area contributed by atoms with E-state index in [4.69, 9.17) is 9.47 Å². The zero-order chi connectivity index (χ0) is 15.0. The molecule has 0 amide bonds. The SMILES string of the molecule is CC(C)CC(C(=O)O)c1nccc2cc3c(cc12)OCO3. The highest BCUT2D eigenvalue weighted by Gasteiger charge is 2.26. The van der Waals surface area contributed by atoms with Gasteiger partial charge in [0.15, 0.2) is 11.5 Å². The third-order valence-corrected chi connectivity index (χ3v) is 3.62. The standard InChI is InChI=1S/C16H17NO4/c1-9(2)5-12(16(18)19)15-11-7-14-13(20-8-21-14)6-10(11)3-4-17-15/h3-4,6-7,9,12H,5,8H2,1-2H3,(H,18,19). The number of carboxylic acids is 1. The van der Waals surface area contributed by atoms with Crippen molar-refractivity contribution in [1.29, 1.82) is 0 Å². The summed E-state index contributed by atoms with van der Waals surface area (Å²) < 4.78 is 10.7. The van der Waals surface area contributed by atoms with E-state index < -0.39 is 11.9 Å². The zero-order valence-electron chi connectivity index (χ0n) is 12.0. The van der Waals surface area contributed by atoms with Gasteiger partial charge in [-0.25, -0.2) is 0 Å². The Morgan fingerprint density at radius 3 is 2.71 bits per heavy atom. The van der Waals surface area contributed by atoms with Gasteiger partial charge in [-0.05, 0) is 35.9 Å². The van der Waals surface area contributed by atoms with Gasteiger partial charge >= 0.3 is 5.97 Å². The first-order chi connectivity index (χ1) is 10.1. The van der Waals surface area contributed by atoms with Gasteiger partial charge in [0.1, 0.15) is 0 Å². The third-order valence-electron chi connectivity index (χ3n) is 3.62. The number of aliphatic carboxylic acids is 1. The van der Waals surface area contributed by atoms with E-state index in [1.165, 1.54) is 0 Å². The lowest BCUT2D eigenvalue weighted by Gasteiger charge is -2.16. The highest BCUT2D eigenvalue weighted by molar-refractivity contribution is 5.91. The fraction of sp³-hybridized carbons (Fsp3) is 0.375. The average molecular weight is 287 g/mol. The van der Waals surface area contributed by atoms with Crippen molar-refractivity contribution in [3.05, 3.63) is 30.1 Å². The van der Waals surface area contributed by atoms with Crippen LogP contribution in [0.4, 0.5) is 0 Å². The number of carbonyl (C=O) groups is 1. The Kier molecular flexibility index (Phi) is 3.41. The van der Waals surface area contributed by atoms with Crippen LogP contribution in [-0.4, -0.2) is 22.9 Å². The van der Waals surface area contributed by atoms with Crippen LogP contribution in [0.2, 0.25) is 0 Å². The molecule has 1 aromatic heterocycles. The van der Waals surface area contributed by atoms with Crippen molar-refractivity contribution in [3.8, 4) is 11.5 Å². The number of benzene rings is 1. The van der Waals surface area contributed by atoms with Crippen LogP contribution < -0.4 is 9.47 Å². The highest BCUT2D eigenvalue weighted by atomic mass is 16.7.